The Bertz CT molecular complexity index is 533. The summed E-state index contributed by atoms with van der Waals surface area (Å²) >= 11 is 0. The number of nitrogens with zero attached hydrogens (tertiary/aromatic N) is 5. The molecule has 0 aliphatic heterocycles. The Labute approximate surface area is 103 Å². The lowest BCUT2D eigenvalue weighted by molar-refractivity contribution is 0.0944. The van der Waals surface area contributed by atoms with Crippen molar-refractivity contribution < 1.29 is 4.79 Å². The zero-order valence-electron chi connectivity index (χ0n) is 10.1. The van der Waals surface area contributed by atoms with Crippen LogP contribution in [0.1, 0.15) is 16.3 Å². The van der Waals surface area contributed by atoms with Crippen LogP contribution in [0.4, 0.5) is 5.82 Å². The molecule has 0 aliphatic carbocycles. The maximum Gasteiger partial charge on any atom is 0.272 e. The Hall–Kier alpha value is -2.51. The summed E-state index contributed by atoms with van der Waals surface area (Å²) in [4.78, 5) is 15.7. The first-order valence-corrected chi connectivity index (χ1v) is 5.33. The smallest absolute Gasteiger partial charge is 0.272 e. The monoisotopic (exact) mass is 247 g/mol. The molecule has 0 bridgehead atoms. The van der Waals surface area contributed by atoms with Gasteiger partial charge in [0.05, 0.1) is 6.54 Å². The molecule has 8 heteroatoms. The van der Waals surface area contributed by atoms with Crippen LogP contribution >= 0.6 is 0 Å². The largest absolute Gasteiger partial charge is 0.372 e. The number of anilines is 1. The first-order chi connectivity index (χ1) is 8.69. The van der Waals surface area contributed by atoms with Crippen molar-refractivity contribution >= 4 is 11.7 Å². The first-order valence-electron chi connectivity index (χ1n) is 5.33. The highest BCUT2D eigenvalue weighted by Crippen LogP contribution is 2.00. The maximum absolute atomic E-state index is 11.7. The Morgan fingerprint density at radius 3 is 2.78 bits per heavy atom. The SMILES string of the molecule is CNc1ccc(C(=O)NCc2ncn(C)n2)nn1. The summed E-state index contributed by atoms with van der Waals surface area (Å²) in [5, 5.41) is 17.2. The van der Waals surface area contributed by atoms with E-state index in [2.05, 4.69) is 30.9 Å². The van der Waals surface area contributed by atoms with Crippen molar-refractivity contribution in [2.75, 3.05) is 12.4 Å². The van der Waals surface area contributed by atoms with Crippen LogP contribution in [0.2, 0.25) is 0 Å². The lowest BCUT2D eigenvalue weighted by Crippen LogP contribution is -2.24. The van der Waals surface area contributed by atoms with Gasteiger partial charge in [0.15, 0.2) is 11.5 Å². The molecule has 2 N–H and O–H groups in total. The normalized spacial score (nSPS) is 10.1. The highest BCUT2D eigenvalue weighted by molar-refractivity contribution is 5.92. The highest BCUT2D eigenvalue weighted by Gasteiger charge is 2.08. The fourth-order valence-electron chi connectivity index (χ4n) is 1.30. The zero-order chi connectivity index (χ0) is 13.0. The molecule has 2 aromatic rings. The minimum Gasteiger partial charge on any atom is -0.372 e. The molecule has 1 amide bonds. The van der Waals surface area contributed by atoms with E-state index >= 15 is 0 Å². The Morgan fingerprint density at radius 2 is 2.22 bits per heavy atom. The van der Waals surface area contributed by atoms with Crippen molar-refractivity contribution in [1.29, 1.82) is 0 Å². The van der Waals surface area contributed by atoms with Gasteiger partial charge in [0, 0.05) is 14.1 Å². The molecular formula is C10H13N7O. The molecule has 0 saturated heterocycles. The van der Waals surface area contributed by atoms with Crippen LogP contribution in [0.3, 0.4) is 0 Å². The Morgan fingerprint density at radius 1 is 1.39 bits per heavy atom. The molecule has 18 heavy (non-hydrogen) atoms. The summed E-state index contributed by atoms with van der Waals surface area (Å²) in [7, 11) is 3.50. The number of rotatable bonds is 4. The average Bonchev–Trinajstić information content (AvgIpc) is 2.82. The third-order valence-electron chi connectivity index (χ3n) is 2.21. The molecule has 0 aliphatic rings. The number of hydrogen-bond acceptors (Lipinski definition) is 6. The molecule has 2 heterocycles. The van der Waals surface area contributed by atoms with E-state index in [9.17, 15) is 4.79 Å². The molecule has 2 rings (SSSR count). The molecule has 94 valence electrons. The van der Waals surface area contributed by atoms with Crippen molar-refractivity contribution in [2.45, 2.75) is 6.54 Å². The van der Waals surface area contributed by atoms with E-state index in [1.54, 1.807) is 37.2 Å². The predicted octanol–water partition coefficient (Wildman–Crippen LogP) is -0.423. The summed E-state index contributed by atoms with van der Waals surface area (Å²) in [6.07, 6.45) is 1.57. The number of amides is 1. The number of aromatic nitrogens is 5. The fraction of sp³-hybridized carbons (Fsp3) is 0.300. The van der Waals surface area contributed by atoms with Gasteiger partial charge in [-0.15, -0.1) is 10.2 Å². The maximum atomic E-state index is 11.7. The van der Waals surface area contributed by atoms with Crippen molar-refractivity contribution in [3.63, 3.8) is 0 Å². The van der Waals surface area contributed by atoms with E-state index in [1.807, 2.05) is 0 Å². The highest BCUT2D eigenvalue weighted by atomic mass is 16.1. The second-order valence-electron chi connectivity index (χ2n) is 3.57. The molecule has 0 unspecified atom stereocenters. The first kappa shape index (κ1) is 12.0. The summed E-state index contributed by atoms with van der Waals surface area (Å²) < 4.78 is 1.57. The van der Waals surface area contributed by atoms with Crippen LogP contribution in [-0.2, 0) is 13.6 Å². The molecule has 8 nitrogen and oxygen atoms in total. The van der Waals surface area contributed by atoms with E-state index < -0.39 is 0 Å². The third kappa shape index (κ3) is 2.78. The van der Waals surface area contributed by atoms with Gasteiger partial charge in [0.1, 0.15) is 12.1 Å². The molecule has 0 atom stereocenters. The number of carbonyl (C=O) groups excluding carboxylic acids is 1. The van der Waals surface area contributed by atoms with Gasteiger partial charge in [-0.25, -0.2) is 4.98 Å². The predicted molar refractivity (Wildman–Crippen MR) is 63.8 cm³/mol. The van der Waals surface area contributed by atoms with Crippen molar-refractivity contribution in [3.05, 3.63) is 30.0 Å². The van der Waals surface area contributed by atoms with Crippen molar-refractivity contribution in [3.8, 4) is 0 Å². The molecule has 0 aromatic carbocycles. The number of aryl methyl sites for hydroxylation is 1. The molecule has 0 spiro atoms. The van der Waals surface area contributed by atoms with Crippen LogP contribution in [0.5, 0.6) is 0 Å². The van der Waals surface area contributed by atoms with Crippen molar-refractivity contribution in [2.24, 2.45) is 7.05 Å². The van der Waals surface area contributed by atoms with E-state index in [1.165, 1.54) is 0 Å². The van der Waals surface area contributed by atoms with Gasteiger partial charge in [0.2, 0.25) is 0 Å². The summed E-state index contributed by atoms with van der Waals surface area (Å²) in [5.74, 6) is 0.848. The minimum absolute atomic E-state index is 0.255. The lowest BCUT2D eigenvalue weighted by Gasteiger charge is -2.02. The van der Waals surface area contributed by atoms with Gasteiger partial charge < -0.3 is 10.6 Å². The topological polar surface area (TPSA) is 97.6 Å². The minimum atomic E-state index is -0.308. The lowest BCUT2D eigenvalue weighted by atomic mass is 10.3. The quantitative estimate of drug-likeness (QED) is 0.761. The summed E-state index contributed by atoms with van der Waals surface area (Å²) in [6.45, 7) is 0.259. The number of nitrogens with one attached hydrogen (secondary N) is 2. The Kier molecular flexibility index (Phi) is 3.46. The van der Waals surface area contributed by atoms with Gasteiger partial charge in [-0.1, -0.05) is 0 Å². The molecule has 2 aromatic heterocycles. The van der Waals surface area contributed by atoms with Crippen LogP contribution in [0, 0.1) is 0 Å². The fourth-order valence-corrected chi connectivity index (χ4v) is 1.30. The van der Waals surface area contributed by atoms with Gasteiger partial charge in [0.25, 0.3) is 5.91 Å². The standard InChI is InChI=1S/C10H13N7O/c1-11-8-4-3-7(14-15-8)10(18)12-5-9-13-6-17(2)16-9/h3-4,6H,5H2,1-2H3,(H,11,15)(H,12,18). The average molecular weight is 247 g/mol. The second-order valence-corrected chi connectivity index (χ2v) is 3.57. The van der Waals surface area contributed by atoms with E-state index in [4.69, 9.17) is 0 Å². The van der Waals surface area contributed by atoms with Gasteiger partial charge in [-0.05, 0) is 12.1 Å². The van der Waals surface area contributed by atoms with E-state index in [0.29, 0.717) is 11.6 Å². The molecule has 0 radical (unpaired) electrons. The number of carbonyl (C=O) groups is 1. The Balaban J connectivity index is 1.94. The van der Waals surface area contributed by atoms with E-state index in [0.717, 1.165) is 0 Å². The van der Waals surface area contributed by atoms with Crippen LogP contribution in [0.25, 0.3) is 0 Å². The molecular weight excluding hydrogens is 234 g/mol. The van der Waals surface area contributed by atoms with Crippen molar-refractivity contribution in [1.82, 2.24) is 30.3 Å². The number of hydrogen-bond donors (Lipinski definition) is 2. The van der Waals surface area contributed by atoms with Gasteiger partial charge >= 0.3 is 0 Å². The van der Waals surface area contributed by atoms with Crippen LogP contribution in [-0.4, -0.2) is 37.9 Å². The van der Waals surface area contributed by atoms with Crippen LogP contribution in [0.15, 0.2) is 18.5 Å². The third-order valence-corrected chi connectivity index (χ3v) is 2.21. The zero-order valence-corrected chi connectivity index (χ0v) is 10.1. The van der Waals surface area contributed by atoms with Gasteiger partial charge in [-0.3, -0.25) is 9.48 Å². The van der Waals surface area contributed by atoms with E-state index in [-0.39, 0.29) is 18.1 Å². The summed E-state index contributed by atoms with van der Waals surface area (Å²) in [5.41, 5.74) is 0.255. The van der Waals surface area contributed by atoms with Gasteiger partial charge in [-0.2, -0.15) is 5.10 Å². The summed E-state index contributed by atoms with van der Waals surface area (Å²) in [6, 6.07) is 3.28. The molecule has 0 fully saturated rings. The second kappa shape index (κ2) is 5.21. The van der Waals surface area contributed by atoms with Crippen LogP contribution < -0.4 is 10.6 Å². The molecule has 0 saturated carbocycles.